The van der Waals surface area contributed by atoms with Crippen molar-refractivity contribution in [3.63, 3.8) is 0 Å². The molecule has 0 bridgehead atoms. The minimum atomic E-state index is -0.515. The first kappa shape index (κ1) is 27.3. The topological polar surface area (TPSA) is 85.7 Å². The molecule has 0 spiro atoms. The van der Waals surface area contributed by atoms with Crippen LogP contribution in [0.1, 0.15) is 87.6 Å². The zero-order valence-corrected chi connectivity index (χ0v) is 23.5. The lowest BCUT2D eigenvalue weighted by atomic mass is 9.79. The highest BCUT2D eigenvalue weighted by Crippen LogP contribution is 2.40. The van der Waals surface area contributed by atoms with Gasteiger partial charge in [0.15, 0.2) is 11.4 Å². The third-order valence-corrected chi connectivity index (χ3v) is 7.23. The number of hydrogen-bond acceptors (Lipinski definition) is 5. The van der Waals surface area contributed by atoms with Crippen LogP contribution in [-0.4, -0.2) is 17.1 Å². The van der Waals surface area contributed by atoms with E-state index in [1.54, 1.807) is 12.1 Å². The maximum Gasteiger partial charge on any atom is 0.204 e. The average molecular weight is 511 g/mol. The molecule has 2 aliphatic carbocycles. The number of nitrogens with two attached hydrogens (primary N) is 1. The van der Waals surface area contributed by atoms with Gasteiger partial charge in [0.2, 0.25) is 11.7 Å². The Morgan fingerprint density at radius 2 is 1.45 bits per heavy atom. The van der Waals surface area contributed by atoms with Crippen molar-refractivity contribution in [2.45, 2.75) is 66.8 Å². The fourth-order valence-electron chi connectivity index (χ4n) is 4.68. The fourth-order valence-corrected chi connectivity index (χ4v) is 4.68. The van der Waals surface area contributed by atoms with Crippen LogP contribution < -0.4 is 11.1 Å². The van der Waals surface area contributed by atoms with Gasteiger partial charge in [0.1, 0.15) is 5.56 Å². The normalized spacial score (nSPS) is 13.7. The number of benzene rings is 1. The van der Waals surface area contributed by atoms with E-state index in [2.05, 4.69) is 27.7 Å². The van der Waals surface area contributed by atoms with Crippen LogP contribution in [0.3, 0.4) is 0 Å². The molecule has 0 saturated carbocycles. The van der Waals surface area contributed by atoms with E-state index in [9.17, 15) is 9.59 Å². The van der Waals surface area contributed by atoms with Crippen molar-refractivity contribution in [2.24, 2.45) is 16.3 Å². The summed E-state index contributed by atoms with van der Waals surface area (Å²) in [6, 6.07) is 18.6. The van der Waals surface area contributed by atoms with Crippen molar-refractivity contribution in [1.29, 1.82) is 0 Å². The van der Waals surface area contributed by atoms with Gasteiger partial charge in [-0.1, -0.05) is 88.4 Å². The molecule has 0 aliphatic heterocycles. The molecule has 0 fully saturated rings. The summed E-state index contributed by atoms with van der Waals surface area (Å²) < 4.78 is 6.21. The van der Waals surface area contributed by atoms with Crippen LogP contribution in [0, 0.1) is 11.3 Å². The second-order valence-corrected chi connectivity index (χ2v) is 12.2. The summed E-state index contributed by atoms with van der Waals surface area (Å²) in [6.45, 7) is 14.7. The van der Waals surface area contributed by atoms with Crippen molar-refractivity contribution >= 4 is 28.4 Å². The van der Waals surface area contributed by atoms with Crippen LogP contribution in [0.25, 0.3) is 22.1 Å². The zero-order valence-electron chi connectivity index (χ0n) is 23.5. The van der Waals surface area contributed by atoms with Crippen LogP contribution >= 0.6 is 0 Å². The molecule has 2 aliphatic rings. The van der Waals surface area contributed by atoms with Gasteiger partial charge in [-0.05, 0) is 49.7 Å². The summed E-state index contributed by atoms with van der Waals surface area (Å²) >= 11 is 0. The van der Waals surface area contributed by atoms with Crippen molar-refractivity contribution < 1.29 is 14.0 Å². The number of nitrogen functional groups attached to an aromatic ring is 1. The van der Waals surface area contributed by atoms with Crippen LogP contribution in [0.15, 0.2) is 70.1 Å². The number of hydrogen-bond donors (Lipinski definition) is 1. The van der Waals surface area contributed by atoms with Crippen molar-refractivity contribution in [1.82, 2.24) is 0 Å². The maximum absolute atomic E-state index is 13.8. The molecule has 0 amide bonds. The zero-order chi connectivity index (χ0) is 27.8. The van der Waals surface area contributed by atoms with Gasteiger partial charge in [0, 0.05) is 12.0 Å². The largest absolute Gasteiger partial charge is 0.439 e. The first-order valence-corrected chi connectivity index (χ1v) is 13.3. The van der Waals surface area contributed by atoms with Crippen molar-refractivity contribution in [3.8, 4) is 11.1 Å². The van der Waals surface area contributed by atoms with Gasteiger partial charge in [-0.25, -0.2) is 0 Å². The number of carbonyl (C=O) groups excluding carboxylic acids is 2. The Labute approximate surface area is 225 Å². The molecular formula is C33H38N2O3. The van der Waals surface area contributed by atoms with Gasteiger partial charge in [-0.2, -0.15) is 0 Å². The van der Waals surface area contributed by atoms with Crippen LogP contribution in [0.5, 0.6) is 0 Å². The molecule has 2 aromatic rings. The quantitative estimate of drug-likeness (QED) is 0.269. The summed E-state index contributed by atoms with van der Waals surface area (Å²) in [6.07, 6.45) is 1.14. The summed E-state index contributed by atoms with van der Waals surface area (Å²) in [5.41, 5.74) is 9.26. The Morgan fingerprint density at radius 3 is 2.03 bits per heavy atom. The molecule has 1 aromatic carbocycles. The molecule has 1 unspecified atom stereocenters. The van der Waals surface area contributed by atoms with E-state index in [4.69, 9.17) is 15.1 Å². The van der Waals surface area contributed by atoms with Gasteiger partial charge in [-0.15, -0.1) is 0 Å². The Hall–Kier alpha value is -3.73. The maximum atomic E-state index is 13.8. The molecule has 1 aromatic heterocycles. The second kappa shape index (κ2) is 10.2. The summed E-state index contributed by atoms with van der Waals surface area (Å²) in [7, 11) is 0. The van der Waals surface area contributed by atoms with E-state index in [0.29, 0.717) is 39.8 Å². The molecule has 4 rings (SSSR count). The van der Waals surface area contributed by atoms with E-state index in [-0.39, 0.29) is 28.4 Å². The number of anilines is 1. The molecule has 1 heterocycles. The van der Waals surface area contributed by atoms with Crippen LogP contribution in [0.4, 0.5) is 5.88 Å². The molecule has 38 heavy (non-hydrogen) atoms. The third-order valence-electron chi connectivity index (χ3n) is 7.23. The van der Waals surface area contributed by atoms with E-state index in [0.717, 1.165) is 17.5 Å². The lowest BCUT2D eigenvalue weighted by Crippen LogP contribution is -2.25. The minimum Gasteiger partial charge on any atom is -0.439 e. The summed E-state index contributed by atoms with van der Waals surface area (Å²) in [5, 5.41) is 1.11. The van der Waals surface area contributed by atoms with E-state index in [1.807, 2.05) is 69.3 Å². The predicted octanol–water partition coefficient (Wildman–Crippen LogP) is 7.70. The Balaban J connectivity index is 2.05. The Bertz CT molecular complexity index is 1530. The first-order chi connectivity index (χ1) is 17.8. The minimum absolute atomic E-state index is 0.000653. The molecule has 5 nitrogen and oxygen atoms in total. The third kappa shape index (κ3) is 5.42. The number of rotatable bonds is 6. The van der Waals surface area contributed by atoms with Gasteiger partial charge in [0.25, 0.3) is 0 Å². The van der Waals surface area contributed by atoms with Crippen LogP contribution in [0.2, 0.25) is 0 Å². The number of ketones is 2. The van der Waals surface area contributed by atoms with Gasteiger partial charge >= 0.3 is 0 Å². The number of carbonyl (C=O) groups is 2. The average Bonchev–Trinajstić information content (AvgIpc) is 2.96. The molecule has 2 N–H and O–H groups in total. The van der Waals surface area contributed by atoms with Crippen molar-refractivity contribution in [2.75, 3.05) is 5.73 Å². The second-order valence-electron chi connectivity index (χ2n) is 12.2. The van der Waals surface area contributed by atoms with Crippen molar-refractivity contribution in [3.05, 3.63) is 82.7 Å². The predicted molar refractivity (Wildman–Crippen MR) is 155 cm³/mol. The lowest BCUT2D eigenvalue weighted by Gasteiger charge is -2.26. The fraction of sp³-hybridized carbons (Fsp3) is 0.364. The number of Topliss-reactive ketones (excluding diaryl/α,β-unsaturated/α-hetero) is 1. The van der Waals surface area contributed by atoms with Gasteiger partial charge < -0.3 is 10.2 Å². The number of fused-ring (bicyclic) bond motifs is 3. The Morgan fingerprint density at radius 1 is 0.868 bits per heavy atom. The molecule has 0 radical (unpaired) electrons. The standard InChI is InChI=1S/C33H38N2O3/c1-20(32(2,3)4)18-19-24(36)25-22-16-12-9-13-17-23(22)26-28(35-33(5,6)7)27(31(34)38-30(25)26)29(37)21-14-10-8-11-15-21/h8-17,20H,18-19,34H2,1-7H3. The van der Waals surface area contributed by atoms with Gasteiger partial charge in [-0.3, -0.25) is 14.6 Å². The highest BCUT2D eigenvalue weighted by atomic mass is 16.3. The summed E-state index contributed by atoms with van der Waals surface area (Å²) in [4.78, 5) is 32.6. The Kier molecular flexibility index (Phi) is 7.33. The number of nitrogens with zero attached hydrogens (tertiary/aromatic N) is 1. The smallest absolute Gasteiger partial charge is 0.204 e. The highest BCUT2D eigenvalue weighted by Gasteiger charge is 2.31. The van der Waals surface area contributed by atoms with E-state index < -0.39 is 5.54 Å². The molecule has 5 heteroatoms. The first-order valence-electron chi connectivity index (χ1n) is 13.3. The molecule has 0 saturated heterocycles. The summed E-state index contributed by atoms with van der Waals surface area (Å²) in [5.74, 6) is 0.0577. The van der Waals surface area contributed by atoms with E-state index >= 15 is 0 Å². The molecule has 1 atom stereocenters. The SMILES string of the molecule is CC(CCC(=O)c1c2cccccc-2c2c(=NC(C)(C)C)c(C(=O)c3ccccc3)c(N)oc12)C(C)(C)C. The van der Waals surface area contributed by atoms with Crippen LogP contribution in [-0.2, 0) is 0 Å². The monoisotopic (exact) mass is 510 g/mol. The molecular weight excluding hydrogens is 472 g/mol. The molecule has 198 valence electrons. The lowest BCUT2D eigenvalue weighted by molar-refractivity contribution is 0.0964. The van der Waals surface area contributed by atoms with Gasteiger partial charge in [0.05, 0.1) is 21.8 Å². The van der Waals surface area contributed by atoms with E-state index in [1.165, 1.54) is 0 Å². The highest BCUT2D eigenvalue weighted by molar-refractivity contribution is 6.20.